The van der Waals surface area contributed by atoms with Gasteiger partial charge >= 0.3 is 0 Å². The molecule has 2 heterocycles. The highest BCUT2D eigenvalue weighted by Crippen LogP contribution is 2.43. The van der Waals surface area contributed by atoms with Gasteiger partial charge in [0.15, 0.2) is 0 Å². The Hall–Kier alpha value is -0.910. The van der Waals surface area contributed by atoms with Crippen LogP contribution in [0.25, 0.3) is 10.2 Å². The van der Waals surface area contributed by atoms with Crippen LogP contribution in [0.4, 0.5) is 5.82 Å². The van der Waals surface area contributed by atoms with E-state index in [0.29, 0.717) is 17.9 Å². The average Bonchev–Trinajstić information content (AvgIpc) is 3.06. The minimum Gasteiger partial charge on any atom is -0.384 e. The lowest BCUT2D eigenvalue weighted by molar-refractivity contribution is 0.180. The van der Waals surface area contributed by atoms with E-state index in [2.05, 4.69) is 22.2 Å². The molecule has 6 heteroatoms. The standard InChI is InChI=1S/C13H16ClN3OS/c1-7(9-3-8(9)4-18-2)17-12-11-10(14)5-19-13(11)16-6-15-12/h5-9H,3-4H2,1-2H3,(H,15,16,17). The Kier molecular flexibility index (Phi) is 3.60. The van der Waals surface area contributed by atoms with Crippen LogP contribution in [0.2, 0.25) is 5.02 Å². The second-order valence-electron chi connectivity index (χ2n) is 5.03. The Morgan fingerprint density at radius 1 is 1.58 bits per heavy atom. The second-order valence-corrected chi connectivity index (χ2v) is 6.30. The third-order valence-electron chi connectivity index (χ3n) is 3.69. The number of methoxy groups -OCH3 is 1. The summed E-state index contributed by atoms with van der Waals surface area (Å²) in [5.41, 5.74) is 0. The van der Waals surface area contributed by atoms with E-state index in [1.54, 1.807) is 24.8 Å². The molecule has 102 valence electrons. The van der Waals surface area contributed by atoms with Gasteiger partial charge in [-0.05, 0) is 25.2 Å². The zero-order valence-electron chi connectivity index (χ0n) is 10.9. The molecule has 0 bridgehead atoms. The summed E-state index contributed by atoms with van der Waals surface area (Å²) in [6.45, 7) is 3.03. The van der Waals surface area contributed by atoms with Crippen LogP contribution in [-0.4, -0.2) is 29.7 Å². The maximum Gasteiger partial charge on any atom is 0.139 e. The van der Waals surface area contributed by atoms with Gasteiger partial charge in [-0.2, -0.15) is 0 Å². The largest absolute Gasteiger partial charge is 0.384 e. The number of rotatable bonds is 5. The highest BCUT2D eigenvalue weighted by molar-refractivity contribution is 7.17. The van der Waals surface area contributed by atoms with E-state index in [9.17, 15) is 0 Å². The monoisotopic (exact) mass is 297 g/mol. The Bertz CT molecular complexity index is 588. The number of aromatic nitrogens is 2. The first-order chi connectivity index (χ1) is 9.20. The lowest BCUT2D eigenvalue weighted by atomic mass is 10.2. The molecule has 1 N–H and O–H groups in total. The Morgan fingerprint density at radius 3 is 3.21 bits per heavy atom. The molecule has 0 aromatic carbocycles. The normalized spacial score (nSPS) is 23.5. The number of thiophene rings is 1. The lowest BCUT2D eigenvalue weighted by Crippen LogP contribution is -2.20. The van der Waals surface area contributed by atoms with Crippen LogP contribution in [0.5, 0.6) is 0 Å². The zero-order chi connectivity index (χ0) is 13.4. The van der Waals surface area contributed by atoms with Crippen molar-refractivity contribution in [3.8, 4) is 0 Å². The molecule has 0 amide bonds. The molecule has 2 aromatic rings. The first kappa shape index (κ1) is 13.1. The SMILES string of the molecule is COCC1CC1C(C)Nc1ncnc2scc(Cl)c12. The van der Waals surface area contributed by atoms with Crippen LogP contribution in [0.1, 0.15) is 13.3 Å². The van der Waals surface area contributed by atoms with Gasteiger partial charge in [0.1, 0.15) is 17.0 Å². The van der Waals surface area contributed by atoms with Gasteiger partial charge in [-0.3, -0.25) is 0 Å². The molecule has 3 unspecified atom stereocenters. The van der Waals surface area contributed by atoms with Gasteiger partial charge in [-0.25, -0.2) is 9.97 Å². The van der Waals surface area contributed by atoms with Gasteiger partial charge in [0, 0.05) is 25.1 Å². The number of hydrogen-bond acceptors (Lipinski definition) is 5. The summed E-state index contributed by atoms with van der Waals surface area (Å²) in [7, 11) is 1.76. The van der Waals surface area contributed by atoms with Gasteiger partial charge in [0.2, 0.25) is 0 Å². The highest BCUT2D eigenvalue weighted by Gasteiger charge is 2.41. The van der Waals surface area contributed by atoms with Crippen LogP contribution in [0.15, 0.2) is 11.7 Å². The topological polar surface area (TPSA) is 47.0 Å². The number of anilines is 1. The Balaban J connectivity index is 1.77. The molecule has 3 rings (SSSR count). The van der Waals surface area contributed by atoms with Crippen LogP contribution in [-0.2, 0) is 4.74 Å². The molecule has 0 aliphatic heterocycles. The molecule has 3 atom stereocenters. The third-order valence-corrected chi connectivity index (χ3v) is 5.00. The number of nitrogens with zero attached hydrogens (tertiary/aromatic N) is 2. The summed E-state index contributed by atoms with van der Waals surface area (Å²) >= 11 is 7.75. The average molecular weight is 298 g/mol. The van der Waals surface area contributed by atoms with Crippen LogP contribution >= 0.6 is 22.9 Å². The molecule has 0 spiro atoms. The molecule has 1 aliphatic rings. The van der Waals surface area contributed by atoms with E-state index >= 15 is 0 Å². The Labute approximate surface area is 121 Å². The fourth-order valence-corrected chi connectivity index (χ4v) is 3.70. The third kappa shape index (κ3) is 2.55. The number of hydrogen-bond donors (Lipinski definition) is 1. The van der Waals surface area contributed by atoms with Crippen LogP contribution < -0.4 is 5.32 Å². The van der Waals surface area contributed by atoms with E-state index in [1.165, 1.54) is 6.42 Å². The minimum atomic E-state index is 0.370. The summed E-state index contributed by atoms with van der Waals surface area (Å²) < 4.78 is 5.20. The molecule has 0 radical (unpaired) electrons. The second kappa shape index (κ2) is 5.23. The number of fused-ring (bicyclic) bond motifs is 1. The molecule has 0 saturated heterocycles. The summed E-state index contributed by atoms with van der Waals surface area (Å²) in [6.07, 6.45) is 2.80. The van der Waals surface area contributed by atoms with Crippen molar-refractivity contribution in [2.24, 2.45) is 11.8 Å². The maximum atomic E-state index is 6.21. The molecule has 2 aromatic heterocycles. The van der Waals surface area contributed by atoms with Crippen LogP contribution in [0, 0.1) is 11.8 Å². The first-order valence-corrected chi connectivity index (χ1v) is 7.59. The van der Waals surface area contributed by atoms with Crippen molar-refractivity contribution >= 4 is 39.0 Å². The molecule has 1 aliphatic carbocycles. The molecular formula is C13H16ClN3OS. The summed E-state index contributed by atoms with van der Waals surface area (Å²) in [4.78, 5) is 9.50. The van der Waals surface area contributed by atoms with Crippen molar-refractivity contribution < 1.29 is 4.74 Å². The minimum absolute atomic E-state index is 0.370. The van der Waals surface area contributed by atoms with E-state index < -0.39 is 0 Å². The molecule has 1 saturated carbocycles. The number of nitrogens with one attached hydrogen (secondary N) is 1. The van der Waals surface area contributed by atoms with Crippen molar-refractivity contribution in [1.29, 1.82) is 0 Å². The number of halogens is 1. The Morgan fingerprint density at radius 2 is 2.42 bits per heavy atom. The van der Waals surface area contributed by atoms with E-state index in [-0.39, 0.29) is 0 Å². The van der Waals surface area contributed by atoms with Gasteiger partial charge in [-0.15, -0.1) is 11.3 Å². The maximum absolute atomic E-state index is 6.21. The zero-order valence-corrected chi connectivity index (χ0v) is 12.5. The van der Waals surface area contributed by atoms with Gasteiger partial charge in [0.05, 0.1) is 10.4 Å². The molecule has 1 fully saturated rings. The smallest absolute Gasteiger partial charge is 0.139 e. The molecule has 4 nitrogen and oxygen atoms in total. The first-order valence-electron chi connectivity index (χ1n) is 6.34. The van der Waals surface area contributed by atoms with E-state index in [1.807, 2.05) is 5.38 Å². The fourth-order valence-electron chi connectivity index (χ4n) is 2.56. The summed E-state index contributed by atoms with van der Waals surface area (Å²) in [6, 6.07) is 0.370. The van der Waals surface area contributed by atoms with Crippen molar-refractivity contribution in [1.82, 2.24) is 9.97 Å². The summed E-state index contributed by atoms with van der Waals surface area (Å²) in [5, 5.41) is 7.04. The lowest BCUT2D eigenvalue weighted by Gasteiger charge is -2.15. The van der Waals surface area contributed by atoms with Crippen molar-refractivity contribution in [3.63, 3.8) is 0 Å². The predicted octanol–water partition coefficient (Wildman–Crippen LogP) is 3.43. The van der Waals surface area contributed by atoms with Gasteiger partial charge < -0.3 is 10.1 Å². The predicted molar refractivity (Wildman–Crippen MR) is 79.0 cm³/mol. The van der Waals surface area contributed by atoms with Crippen LogP contribution in [0.3, 0.4) is 0 Å². The van der Waals surface area contributed by atoms with Gasteiger partial charge in [-0.1, -0.05) is 11.6 Å². The number of ether oxygens (including phenoxy) is 1. The molecule has 19 heavy (non-hydrogen) atoms. The van der Waals surface area contributed by atoms with Gasteiger partial charge in [0.25, 0.3) is 0 Å². The highest BCUT2D eigenvalue weighted by atomic mass is 35.5. The fraction of sp³-hybridized carbons (Fsp3) is 0.538. The van der Waals surface area contributed by atoms with Crippen molar-refractivity contribution in [3.05, 3.63) is 16.7 Å². The van der Waals surface area contributed by atoms with Crippen molar-refractivity contribution in [2.45, 2.75) is 19.4 Å². The van der Waals surface area contributed by atoms with Crippen molar-refractivity contribution in [2.75, 3.05) is 19.0 Å². The quantitative estimate of drug-likeness (QED) is 0.918. The van der Waals surface area contributed by atoms with E-state index in [0.717, 1.165) is 27.7 Å². The molecular weight excluding hydrogens is 282 g/mol. The summed E-state index contributed by atoms with van der Waals surface area (Å²) in [5.74, 6) is 2.16. The van der Waals surface area contributed by atoms with E-state index in [4.69, 9.17) is 16.3 Å².